The summed E-state index contributed by atoms with van der Waals surface area (Å²) in [6, 6.07) is 5.38. The number of carbonyl (C=O) groups excluding carboxylic acids is 2. The smallest absolute Gasteiger partial charge is 0.290 e. The van der Waals surface area contributed by atoms with Crippen LogP contribution in [-0.2, 0) is 4.79 Å². The molecule has 3 rings (SSSR count). The van der Waals surface area contributed by atoms with Gasteiger partial charge in [-0.05, 0) is 29.8 Å². The Morgan fingerprint density at radius 2 is 1.90 bits per heavy atom. The van der Waals surface area contributed by atoms with Crippen molar-refractivity contribution in [3.8, 4) is 17.2 Å². The van der Waals surface area contributed by atoms with E-state index in [0.29, 0.717) is 22.8 Å². The molecular formula is C21H21NO7. The van der Waals surface area contributed by atoms with Gasteiger partial charge in [0.15, 0.2) is 23.0 Å². The number of ether oxygens (including phenoxy) is 3. The van der Waals surface area contributed by atoms with E-state index in [0.717, 1.165) is 0 Å². The van der Waals surface area contributed by atoms with Crippen molar-refractivity contribution in [3.05, 3.63) is 65.8 Å². The number of methoxy groups -OCH3 is 3. The van der Waals surface area contributed by atoms with E-state index in [4.69, 9.17) is 18.6 Å². The molecule has 1 aliphatic heterocycles. The van der Waals surface area contributed by atoms with Gasteiger partial charge >= 0.3 is 0 Å². The lowest BCUT2D eigenvalue weighted by Gasteiger charge is -2.26. The van der Waals surface area contributed by atoms with Gasteiger partial charge in [0.2, 0.25) is 11.5 Å². The Morgan fingerprint density at radius 3 is 2.38 bits per heavy atom. The Bertz CT molecular complexity index is 950. The van der Waals surface area contributed by atoms with Crippen molar-refractivity contribution >= 4 is 11.7 Å². The number of aliphatic hydroxyl groups excluding tert-OH is 1. The van der Waals surface area contributed by atoms with E-state index in [-0.39, 0.29) is 17.9 Å². The summed E-state index contributed by atoms with van der Waals surface area (Å²) < 4.78 is 21.3. The van der Waals surface area contributed by atoms with Crippen molar-refractivity contribution in [1.82, 2.24) is 4.90 Å². The highest BCUT2D eigenvalue weighted by atomic mass is 16.5. The maximum Gasteiger partial charge on any atom is 0.290 e. The molecule has 1 unspecified atom stereocenters. The molecule has 2 heterocycles. The predicted octanol–water partition coefficient (Wildman–Crippen LogP) is 3.07. The molecule has 1 amide bonds. The van der Waals surface area contributed by atoms with Gasteiger partial charge in [-0.15, -0.1) is 6.58 Å². The van der Waals surface area contributed by atoms with E-state index in [1.165, 1.54) is 44.6 Å². The molecular weight excluding hydrogens is 378 g/mol. The molecule has 8 heteroatoms. The molecule has 152 valence electrons. The van der Waals surface area contributed by atoms with Crippen molar-refractivity contribution in [3.63, 3.8) is 0 Å². The standard InChI is InChI=1S/C21H21NO7/c1-5-8-22-17(12-10-14(26-2)20(28-4)15(11-12)27-3)16(19(24)21(22)25)18(23)13-7-6-9-29-13/h5-7,9-11,17,24H,1,8H2,2-4H3. The molecule has 29 heavy (non-hydrogen) atoms. The number of carbonyl (C=O) groups is 2. The third-order valence-electron chi connectivity index (χ3n) is 4.62. The lowest BCUT2D eigenvalue weighted by molar-refractivity contribution is -0.128. The Hall–Kier alpha value is -3.68. The van der Waals surface area contributed by atoms with Crippen LogP contribution in [0, 0.1) is 0 Å². The SMILES string of the molecule is C=CCN1C(=O)C(O)=C(C(=O)c2ccco2)C1c1cc(OC)c(OC)c(OC)c1. The largest absolute Gasteiger partial charge is 0.503 e. The van der Waals surface area contributed by atoms with Gasteiger partial charge in [0, 0.05) is 6.54 Å². The lowest BCUT2D eigenvalue weighted by Crippen LogP contribution is -2.31. The van der Waals surface area contributed by atoms with Crippen LogP contribution < -0.4 is 14.2 Å². The van der Waals surface area contributed by atoms with Crippen LogP contribution in [0.4, 0.5) is 0 Å². The summed E-state index contributed by atoms with van der Waals surface area (Å²) in [5, 5.41) is 10.5. The molecule has 0 saturated carbocycles. The predicted molar refractivity (Wildman–Crippen MR) is 103 cm³/mol. The number of Topliss-reactive ketones (excluding diaryl/α,β-unsaturated/α-hetero) is 1. The van der Waals surface area contributed by atoms with Gasteiger partial charge in [-0.1, -0.05) is 6.08 Å². The first-order valence-corrected chi connectivity index (χ1v) is 8.71. The van der Waals surface area contributed by atoms with Gasteiger partial charge in [-0.2, -0.15) is 0 Å². The van der Waals surface area contributed by atoms with Crippen molar-refractivity contribution in [2.45, 2.75) is 6.04 Å². The molecule has 0 bridgehead atoms. The zero-order chi connectivity index (χ0) is 21.1. The molecule has 2 aromatic rings. The van der Waals surface area contributed by atoms with E-state index in [9.17, 15) is 14.7 Å². The molecule has 0 spiro atoms. The van der Waals surface area contributed by atoms with Crippen molar-refractivity contribution < 1.29 is 33.3 Å². The molecule has 1 aromatic carbocycles. The third kappa shape index (κ3) is 3.33. The highest BCUT2D eigenvalue weighted by molar-refractivity contribution is 6.15. The van der Waals surface area contributed by atoms with Crippen molar-refractivity contribution in [2.24, 2.45) is 0 Å². The molecule has 1 atom stereocenters. The Balaban J connectivity index is 2.21. The molecule has 1 N–H and O–H groups in total. The van der Waals surface area contributed by atoms with Crippen LogP contribution in [0.15, 0.2) is 58.9 Å². The van der Waals surface area contributed by atoms with Crippen molar-refractivity contribution in [1.29, 1.82) is 0 Å². The second-order valence-corrected chi connectivity index (χ2v) is 6.18. The van der Waals surface area contributed by atoms with Crippen LogP contribution in [0.5, 0.6) is 17.2 Å². The number of nitrogens with zero attached hydrogens (tertiary/aromatic N) is 1. The summed E-state index contributed by atoms with van der Waals surface area (Å²) in [6.07, 6.45) is 2.86. The number of furan rings is 1. The first-order chi connectivity index (χ1) is 14.0. The Labute approximate surface area is 167 Å². The minimum Gasteiger partial charge on any atom is -0.503 e. The topological polar surface area (TPSA) is 98.4 Å². The van der Waals surface area contributed by atoms with E-state index in [2.05, 4.69) is 6.58 Å². The highest BCUT2D eigenvalue weighted by Gasteiger charge is 2.44. The molecule has 0 saturated heterocycles. The fourth-order valence-electron chi connectivity index (χ4n) is 3.36. The van der Waals surface area contributed by atoms with Gasteiger partial charge < -0.3 is 28.6 Å². The minimum absolute atomic E-state index is 0.0113. The zero-order valence-electron chi connectivity index (χ0n) is 16.3. The van der Waals surface area contributed by atoms with Gasteiger partial charge in [0.05, 0.1) is 39.2 Å². The van der Waals surface area contributed by atoms with Crippen LogP contribution in [0.2, 0.25) is 0 Å². The summed E-state index contributed by atoms with van der Waals surface area (Å²) in [6.45, 7) is 3.77. The first kappa shape index (κ1) is 20.1. The van der Waals surface area contributed by atoms with E-state index in [1.54, 1.807) is 18.2 Å². The maximum absolute atomic E-state index is 13.0. The summed E-state index contributed by atoms with van der Waals surface area (Å²) >= 11 is 0. The van der Waals surface area contributed by atoms with Gasteiger partial charge in [-0.3, -0.25) is 9.59 Å². The number of benzene rings is 1. The van der Waals surface area contributed by atoms with Crippen LogP contribution >= 0.6 is 0 Å². The van der Waals surface area contributed by atoms with Crippen LogP contribution in [0.25, 0.3) is 0 Å². The highest BCUT2D eigenvalue weighted by Crippen LogP contribution is 2.45. The summed E-state index contributed by atoms with van der Waals surface area (Å²) in [4.78, 5) is 27.1. The molecule has 8 nitrogen and oxygen atoms in total. The van der Waals surface area contributed by atoms with Crippen LogP contribution in [-0.4, -0.2) is 49.6 Å². The van der Waals surface area contributed by atoms with Gasteiger partial charge in [0.25, 0.3) is 5.91 Å². The second-order valence-electron chi connectivity index (χ2n) is 6.18. The molecule has 0 aliphatic carbocycles. The first-order valence-electron chi connectivity index (χ1n) is 8.71. The normalized spacial score (nSPS) is 16.2. The molecule has 1 aliphatic rings. The van der Waals surface area contributed by atoms with Crippen molar-refractivity contribution in [2.75, 3.05) is 27.9 Å². The maximum atomic E-state index is 13.0. The summed E-state index contributed by atoms with van der Waals surface area (Å²) in [5.74, 6) is -0.826. The van der Waals surface area contributed by atoms with E-state index < -0.39 is 23.5 Å². The molecule has 0 radical (unpaired) electrons. The monoisotopic (exact) mass is 399 g/mol. The molecule has 1 aromatic heterocycles. The number of hydrogen-bond acceptors (Lipinski definition) is 7. The Kier molecular flexibility index (Phi) is 5.63. The second kappa shape index (κ2) is 8.14. The number of ketones is 1. The average molecular weight is 399 g/mol. The third-order valence-corrected chi connectivity index (χ3v) is 4.62. The minimum atomic E-state index is -0.896. The average Bonchev–Trinajstić information content (AvgIpc) is 3.35. The summed E-state index contributed by atoms with van der Waals surface area (Å²) in [5.41, 5.74) is 0.398. The fourth-order valence-corrected chi connectivity index (χ4v) is 3.36. The lowest BCUT2D eigenvalue weighted by atomic mass is 9.94. The van der Waals surface area contributed by atoms with Crippen LogP contribution in [0.1, 0.15) is 22.2 Å². The number of hydrogen-bond donors (Lipinski definition) is 1. The molecule has 0 fully saturated rings. The number of aliphatic hydroxyl groups is 1. The summed E-state index contributed by atoms with van der Waals surface area (Å²) in [7, 11) is 4.40. The van der Waals surface area contributed by atoms with Gasteiger partial charge in [0.1, 0.15) is 0 Å². The van der Waals surface area contributed by atoms with E-state index in [1.807, 2.05) is 0 Å². The van der Waals surface area contributed by atoms with Gasteiger partial charge in [-0.25, -0.2) is 0 Å². The fraction of sp³-hybridized carbons (Fsp3) is 0.238. The van der Waals surface area contributed by atoms with E-state index >= 15 is 0 Å². The number of rotatable bonds is 8. The van der Waals surface area contributed by atoms with Crippen LogP contribution in [0.3, 0.4) is 0 Å². The number of amides is 1. The zero-order valence-corrected chi connectivity index (χ0v) is 16.3. The quantitative estimate of drug-likeness (QED) is 0.538. The Morgan fingerprint density at radius 1 is 1.24 bits per heavy atom.